The van der Waals surface area contributed by atoms with Crippen LogP contribution in [0.5, 0.6) is 11.5 Å². The van der Waals surface area contributed by atoms with Crippen LogP contribution in [0.1, 0.15) is 36.4 Å². The lowest BCUT2D eigenvalue weighted by Gasteiger charge is -2.11. The molecule has 0 fully saturated rings. The second-order valence-corrected chi connectivity index (χ2v) is 7.82. The molecule has 0 amide bonds. The summed E-state index contributed by atoms with van der Waals surface area (Å²) in [5.74, 6) is 0.679. The molecule has 28 heavy (non-hydrogen) atoms. The zero-order valence-corrected chi connectivity index (χ0v) is 16.6. The zero-order valence-electron chi connectivity index (χ0n) is 15.8. The summed E-state index contributed by atoms with van der Waals surface area (Å²) < 4.78 is 12.7. The van der Waals surface area contributed by atoms with Crippen LogP contribution in [0.15, 0.2) is 36.4 Å². The number of carboxylic acids is 1. The monoisotopic (exact) mass is 395 g/mol. The van der Waals surface area contributed by atoms with Gasteiger partial charge in [-0.15, -0.1) is 11.3 Å². The molecule has 0 aliphatic carbocycles. The normalized spacial score (nSPS) is 16.1. The highest BCUT2D eigenvalue weighted by Crippen LogP contribution is 2.38. The molecule has 6 heteroatoms. The van der Waals surface area contributed by atoms with Crippen LogP contribution in [0.3, 0.4) is 0 Å². The lowest BCUT2D eigenvalue weighted by molar-refractivity contribution is -0.135. The quantitative estimate of drug-likeness (QED) is 0.634. The second kappa shape index (κ2) is 7.64. The average molecular weight is 395 g/mol. The van der Waals surface area contributed by atoms with E-state index in [-0.39, 0.29) is 12.5 Å². The number of rotatable bonds is 6. The molecule has 0 saturated carbocycles. The Labute approximate surface area is 167 Å². The number of aromatic nitrogens is 1. The molecule has 4 rings (SSSR count). The predicted octanol–water partition coefficient (Wildman–Crippen LogP) is 5.03. The van der Waals surface area contributed by atoms with Gasteiger partial charge in [-0.05, 0) is 49.8 Å². The van der Waals surface area contributed by atoms with Gasteiger partial charge in [-0.1, -0.05) is 12.1 Å². The number of nitrogens with zero attached hydrogens (tertiary/aromatic N) is 1. The summed E-state index contributed by atoms with van der Waals surface area (Å²) in [7, 11) is 0. The SMILES string of the molecule is CCOc1cc2c(cc1/C=C(/CC(=O)O)c1nc3ccccc3s1)OC(C)C2. The molecule has 2 heterocycles. The van der Waals surface area contributed by atoms with Gasteiger partial charge in [0.1, 0.15) is 22.6 Å². The topological polar surface area (TPSA) is 68.7 Å². The van der Waals surface area contributed by atoms with Crippen molar-refractivity contribution in [1.82, 2.24) is 4.98 Å². The van der Waals surface area contributed by atoms with E-state index in [2.05, 4.69) is 4.98 Å². The van der Waals surface area contributed by atoms with Gasteiger partial charge in [-0.3, -0.25) is 4.79 Å². The molecular weight excluding hydrogens is 374 g/mol. The molecule has 2 aromatic carbocycles. The summed E-state index contributed by atoms with van der Waals surface area (Å²) in [5, 5.41) is 10.1. The van der Waals surface area contributed by atoms with Crippen molar-refractivity contribution in [3.8, 4) is 11.5 Å². The van der Waals surface area contributed by atoms with Crippen molar-refractivity contribution in [1.29, 1.82) is 0 Å². The maximum absolute atomic E-state index is 11.5. The number of thiazole rings is 1. The standard InChI is InChI=1S/C22H21NO4S/c1-3-26-18-10-14-8-13(2)27-19(14)11-15(18)9-16(12-21(24)25)22-23-17-6-4-5-7-20(17)28-22/h4-7,9-11,13H,3,8,12H2,1-2H3,(H,24,25)/b16-9-. The molecule has 1 unspecified atom stereocenters. The maximum Gasteiger partial charge on any atom is 0.307 e. The highest BCUT2D eigenvalue weighted by molar-refractivity contribution is 7.19. The summed E-state index contributed by atoms with van der Waals surface area (Å²) in [4.78, 5) is 16.1. The Morgan fingerprint density at radius 1 is 1.39 bits per heavy atom. The fraction of sp³-hybridized carbons (Fsp3) is 0.273. The van der Waals surface area contributed by atoms with Crippen molar-refractivity contribution in [3.05, 3.63) is 52.5 Å². The Balaban J connectivity index is 1.82. The number of para-hydroxylation sites is 1. The summed E-state index contributed by atoms with van der Waals surface area (Å²) in [6.07, 6.45) is 2.73. The minimum Gasteiger partial charge on any atom is -0.493 e. The summed E-state index contributed by atoms with van der Waals surface area (Å²) in [5.41, 5.74) is 3.45. The number of ether oxygens (including phenoxy) is 2. The Hall–Kier alpha value is -2.86. The maximum atomic E-state index is 11.5. The van der Waals surface area contributed by atoms with Crippen LogP contribution >= 0.6 is 11.3 Å². The lowest BCUT2D eigenvalue weighted by Crippen LogP contribution is -2.05. The predicted molar refractivity (Wildman–Crippen MR) is 111 cm³/mol. The Morgan fingerprint density at radius 2 is 2.21 bits per heavy atom. The van der Waals surface area contributed by atoms with Crippen LogP contribution in [0, 0.1) is 0 Å². The van der Waals surface area contributed by atoms with Gasteiger partial charge < -0.3 is 14.6 Å². The number of benzene rings is 2. The van der Waals surface area contributed by atoms with Crippen LogP contribution in [0.2, 0.25) is 0 Å². The van der Waals surface area contributed by atoms with E-state index in [1.165, 1.54) is 11.3 Å². The van der Waals surface area contributed by atoms with E-state index in [0.717, 1.165) is 39.3 Å². The highest BCUT2D eigenvalue weighted by Gasteiger charge is 2.22. The molecule has 0 bridgehead atoms. The number of hydrogen-bond acceptors (Lipinski definition) is 5. The fourth-order valence-electron chi connectivity index (χ4n) is 3.40. The number of carboxylic acid groups (broad SMARTS) is 1. The molecule has 0 spiro atoms. The van der Waals surface area contributed by atoms with Crippen molar-refractivity contribution in [2.75, 3.05) is 6.61 Å². The first-order chi connectivity index (χ1) is 13.5. The summed E-state index contributed by atoms with van der Waals surface area (Å²) in [6.45, 7) is 4.50. The van der Waals surface area contributed by atoms with Crippen LogP contribution in [0.25, 0.3) is 21.9 Å². The van der Waals surface area contributed by atoms with Crippen molar-refractivity contribution in [3.63, 3.8) is 0 Å². The number of aliphatic carboxylic acids is 1. The molecule has 1 aliphatic heterocycles. The minimum absolute atomic E-state index is 0.111. The van der Waals surface area contributed by atoms with Crippen molar-refractivity contribution in [2.45, 2.75) is 32.8 Å². The molecule has 0 saturated heterocycles. The zero-order chi connectivity index (χ0) is 19.7. The molecular formula is C22H21NO4S. The Kier molecular flexibility index (Phi) is 5.05. The molecule has 1 atom stereocenters. The third-order valence-electron chi connectivity index (χ3n) is 4.57. The van der Waals surface area contributed by atoms with E-state index in [4.69, 9.17) is 9.47 Å². The molecule has 5 nitrogen and oxygen atoms in total. The first-order valence-corrected chi connectivity index (χ1v) is 10.1. The van der Waals surface area contributed by atoms with Crippen LogP contribution in [-0.4, -0.2) is 28.8 Å². The van der Waals surface area contributed by atoms with E-state index < -0.39 is 5.97 Å². The van der Waals surface area contributed by atoms with E-state index in [1.54, 1.807) is 0 Å². The van der Waals surface area contributed by atoms with E-state index in [9.17, 15) is 9.90 Å². The molecule has 1 N–H and O–H groups in total. The number of hydrogen-bond donors (Lipinski definition) is 1. The minimum atomic E-state index is -0.894. The van der Waals surface area contributed by atoms with E-state index in [1.807, 2.05) is 56.3 Å². The van der Waals surface area contributed by atoms with Crippen LogP contribution in [-0.2, 0) is 11.2 Å². The third kappa shape index (κ3) is 3.73. The summed E-state index contributed by atoms with van der Waals surface area (Å²) in [6, 6.07) is 11.8. The third-order valence-corrected chi connectivity index (χ3v) is 5.68. The van der Waals surface area contributed by atoms with Gasteiger partial charge in [-0.2, -0.15) is 0 Å². The van der Waals surface area contributed by atoms with E-state index >= 15 is 0 Å². The average Bonchev–Trinajstić information content (AvgIpc) is 3.23. The van der Waals surface area contributed by atoms with Crippen molar-refractivity contribution >= 4 is 39.2 Å². The first-order valence-electron chi connectivity index (χ1n) is 9.28. The molecule has 3 aromatic rings. The van der Waals surface area contributed by atoms with Gasteiger partial charge in [0.05, 0.1) is 23.2 Å². The van der Waals surface area contributed by atoms with Crippen molar-refractivity contribution in [2.24, 2.45) is 0 Å². The van der Waals surface area contributed by atoms with Gasteiger partial charge in [-0.25, -0.2) is 4.98 Å². The van der Waals surface area contributed by atoms with Gasteiger partial charge in [0.15, 0.2) is 0 Å². The van der Waals surface area contributed by atoms with Gasteiger partial charge in [0.2, 0.25) is 0 Å². The fourth-order valence-corrected chi connectivity index (χ4v) is 4.38. The first kappa shape index (κ1) is 18.5. The molecule has 1 aliphatic rings. The Morgan fingerprint density at radius 3 is 2.96 bits per heavy atom. The lowest BCUT2D eigenvalue weighted by atomic mass is 10.0. The highest BCUT2D eigenvalue weighted by atomic mass is 32.1. The second-order valence-electron chi connectivity index (χ2n) is 6.79. The van der Waals surface area contributed by atoms with Crippen molar-refractivity contribution < 1.29 is 19.4 Å². The molecule has 0 radical (unpaired) electrons. The molecule has 144 valence electrons. The molecule has 1 aromatic heterocycles. The van der Waals surface area contributed by atoms with Gasteiger partial charge in [0, 0.05) is 17.5 Å². The number of fused-ring (bicyclic) bond motifs is 2. The Bertz CT molecular complexity index is 1040. The van der Waals surface area contributed by atoms with Crippen LogP contribution < -0.4 is 9.47 Å². The largest absolute Gasteiger partial charge is 0.493 e. The number of carbonyl (C=O) groups is 1. The van der Waals surface area contributed by atoms with Crippen LogP contribution in [0.4, 0.5) is 0 Å². The van der Waals surface area contributed by atoms with Gasteiger partial charge in [0.25, 0.3) is 0 Å². The summed E-state index contributed by atoms with van der Waals surface area (Å²) >= 11 is 1.50. The van der Waals surface area contributed by atoms with E-state index in [0.29, 0.717) is 17.2 Å². The smallest absolute Gasteiger partial charge is 0.307 e. The van der Waals surface area contributed by atoms with Gasteiger partial charge >= 0.3 is 5.97 Å².